The maximum absolute atomic E-state index is 12.4. The summed E-state index contributed by atoms with van der Waals surface area (Å²) in [6.07, 6.45) is 4.45. The molecule has 0 saturated carbocycles. The minimum atomic E-state index is -0.210. The lowest BCUT2D eigenvalue weighted by atomic mass is 10.1. The third-order valence-electron chi connectivity index (χ3n) is 3.62. The molecule has 0 atom stereocenters. The van der Waals surface area contributed by atoms with Crippen molar-refractivity contribution < 1.29 is 9.32 Å². The quantitative estimate of drug-likeness (QED) is 0.648. The molecule has 9 heteroatoms. The van der Waals surface area contributed by atoms with E-state index in [9.17, 15) is 4.79 Å². The van der Waals surface area contributed by atoms with Gasteiger partial charge in [0.25, 0.3) is 5.91 Å². The summed E-state index contributed by atoms with van der Waals surface area (Å²) < 4.78 is 6.95. The van der Waals surface area contributed by atoms with Crippen LogP contribution in [0.25, 0.3) is 11.4 Å². The summed E-state index contributed by atoms with van der Waals surface area (Å²) in [5.41, 5.74) is 1.39. The number of hydrogen-bond acceptors (Lipinski definition) is 7. The number of carbonyl (C=O) groups excluding carboxylic acids is 1. The van der Waals surface area contributed by atoms with E-state index in [0.29, 0.717) is 23.0 Å². The smallest absolute Gasteiger partial charge is 0.251 e. The Morgan fingerprint density at radius 1 is 1.38 bits per heavy atom. The highest BCUT2D eigenvalue weighted by Crippen LogP contribution is 2.18. The maximum atomic E-state index is 12.4. The lowest BCUT2D eigenvalue weighted by molar-refractivity contribution is 0.0946. The van der Waals surface area contributed by atoms with Crippen molar-refractivity contribution in [3.05, 3.63) is 47.9 Å². The molecule has 0 unspecified atom stereocenters. The van der Waals surface area contributed by atoms with Gasteiger partial charge in [0.1, 0.15) is 6.33 Å². The molecule has 0 aliphatic heterocycles. The molecular formula is C17H20N6O2S. The standard InChI is InChI=1S/C17H20N6O2S/c1-3-7-23-16(19-11-20-23)12-5-4-6-13(8-12)17(24)18-9-15-21-14(10-26-2)22-25-15/h4-6,8,11H,3,7,9-10H2,1-2H3,(H,18,24). The molecule has 3 aromatic rings. The molecule has 0 bridgehead atoms. The van der Waals surface area contributed by atoms with Gasteiger partial charge >= 0.3 is 0 Å². The van der Waals surface area contributed by atoms with Gasteiger partial charge in [0.15, 0.2) is 11.6 Å². The first-order valence-corrected chi connectivity index (χ1v) is 9.67. The van der Waals surface area contributed by atoms with E-state index in [0.717, 1.165) is 24.4 Å². The van der Waals surface area contributed by atoms with Gasteiger partial charge in [0.05, 0.1) is 12.3 Å². The van der Waals surface area contributed by atoms with Gasteiger partial charge in [-0.1, -0.05) is 24.2 Å². The van der Waals surface area contributed by atoms with Crippen molar-refractivity contribution in [3.8, 4) is 11.4 Å². The average molecular weight is 372 g/mol. The minimum absolute atomic E-state index is 0.191. The van der Waals surface area contributed by atoms with Crippen LogP contribution in [0.4, 0.5) is 0 Å². The van der Waals surface area contributed by atoms with Crippen LogP contribution in [0.3, 0.4) is 0 Å². The Morgan fingerprint density at radius 2 is 2.27 bits per heavy atom. The Morgan fingerprint density at radius 3 is 3.08 bits per heavy atom. The Labute approximate surface area is 155 Å². The number of nitrogens with one attached hydrogen (secondary N) is 1. The number of nitrogens with zero attached hydrogens (tertiary/aromatic N) is 5. The second kappa shape index (κ2) is 8.61. The van der Waals surface area contributed by atoms with Crippen LogP contribution in [0.5, 0.6) is 0 Å². The maximum Gasteiger partial charge on any atom is 0.251 e. The zero-order valence-electron chi connectivity index (χ0n) is 14.7. The lowest BCUT2D eigenvalue weighted by Gasteiger charge is -2.07. The number of thioether (sulfide) groups is 1. The summed E-state index contributed by atoms with van der Waals surface area (Å²) >= 11 is 1.61. The Hall–Kier alpha value is -2.68. The first-order valence-electron chi connectivity index (χ1n) is 8.28. The van der Waals surface area contributed by atoms with Gasteiger partial charge in [-0.15, -0.1) is 0 Å². The van der Waals surface area contributed by atoms with E-state index in [1.807, 2.05) is 23.1 Å². The van der Waals surface area contributed by atoms with Gasteiger partial charge in [-0.05, 0) is 24.8 Å². The molecule has 0 aliphatic rings. The van der Waals surface area contributed by atoms with E-state index < -0.39 is 0 Å². The topological polar surface area (TPSA) is 98.7 Å². The van der Waals surface area contributed by atoms with Crippen molar-refractivity contribution in [3.63, 3.8) is 0 Å². The third-order valence-corrected chi connectivity index (χ3v) is 4.16. The van der Waals surface area contributed by atoms with Crippen molar-refractivity contribution in [1.82, 2.24) is 30.2 Å². The van der Waals surface area contributed by atoms with E-state index in [1.54, 1.807) is 23.9 Å². The molecule has 0 saturated heterocycles. The highest BCUT2D eigenvalue weighted by Gasteiger charge is 2.12. The van der Waals surface area contributed by atoms with Crippen molar-refractivity contribution in [2.75, 3.05) is 6.26 Å². The van der Waals surface area contributed by atoms with Gasteiger partial charge in [-0.3, -0.25) is 4.79 Å². The molecule has 1 amide bonds. The van der Waals surface area contributed by atoms with Crippen LogP contribution >= 0.6 is 11.8 Å². The largest absolute Gasteiger partial charge is 0.343 e. The second-order valence-corrected chi connectivity index (χ2v) is 6.47. The molecule has 1 N–H and O–H groups in total. The fourth-order valence-electron chi connectivity index (χ4n) is 2.47. The van der Waals surface area contributed by atoms with Gasteiger partial charge < -0.3 is 9.84 Å². The van der Waals surface area contributed by atoms with E-state index in [-0.39, 0.29) is 12.5 Å². The Kier molecular flexibility index (Phi) is 6.00. The number of carbonyl (C=O) groups is 1. The van der Waals surface area contributed by atoms with Crippen molar-refractivity contribution >= 4 is 17.7 Å². The van der Waals surface area contributed by atoms with Crippen LogP contribution in [0.1, 0.15) is 35.4 Å². The summed E-state index contributed by atoms with van der Waals surface area (Å²) in [4.78, 5) is 21.0. The summed E-state index contributed by atoms with van der Waals surface area (Å²) in [6.45, 7) is 3.05. The monoisotopic (exact) mass is 372 g/mol. The van der Waals surface area contributed by atoms with Crippen molar-refractivity contribution in [2.45, 2.75) is 32.2 Å². The van der Waals surface area contributed by atoms with Crippen LogP contribution in [0.2, 0.25) is 0 Å². The van der Waals surface area contributed by atoms with Crippen LogP contribution in [-0.2, 0) is 18.8 Å². The number of hydrogen-bond donors (Lipinski definition) is 1. The van der Waals surface area contributed by atoms with E-state index in [1.165, 1.54) is 6.33 Å². The van der Waals surface area contributed by atoms with Crippen LogP contribution in [-0.4, -0.2) is 37.1 Å². The summed E-state index contributed by atoms with van der Waals surface area (Å²) in [5, 5.41) is 10.9. The van der Waals surface area contributed by atoms with Crippen molar-refractivity contribution in [2.24, 2.45) is 0 Å². The number of amides is 1. The predicted molar refractivity (Wildman–Crippen MR) is 98.4 cm³/mol. The fourth-order valence-corrected chi connectivity index (χ4v) is 2.85. The van der Waals surface area contributed by atoms with Crippen LogP contribution in [0.15, 0.2) is 35.1 Å². The normalized spacial score (nSPS) is 10.8. The molecule has 2 heterocycles. The van der Waals surface area contributed by atoms with Crippen LogP contribution in [0, 0.1) is 0 Å². The molecular weight excluding hydrogens is 352 g/mol. The molecule has 8 nitrogen and oxygen atoms in total. The molecule has 0 spiro atoms. The number of benzene rings is 1. The van der Waals surface area contributed by atoms with Crippen LogP contribution < -0.4 is 5.32 Å². The van der Waals surface area contributed by atoms with Gasteiger partial charge in [-0.2, -0.15) is 21.8 Å². The Balaban J connectivity index is 1.68. The summed E-state index contributed by atoms with van der Waals surface area (Å²) in [7, 11) is 0. The second-order valence-electron chi connectivity index (χ2n) is 5.61. The molecule has 0 radical (unpaired) electrons. The molecule has 136 valence electrons. The molecule has 26 heavy (non-hydrogen) atoms. The molecule has 2 aromatic heterocycles. The Bertz CT molecular complexity index is 876. The lowest BCUT2D eigenvalue weighted by Crippen LogP contribution is -2.23. The highest BCUT2D eigenvalue weighted by molar-refractivity contribution is 7.97. The minimum Gasteiger partial charge on any atom is -0.343 e. The molecule has 0 fully saturated rings. The number of aryl methyl sites for hydroxylation is 1. The first kappa shape index (κ1) is 18.1. The highest BCUT2D eigenvalue weighted by atomic mass is 32.2. The SMILES string of the molecule is CCCn1ncnc1-c1cccc(C(=O)NCc2nc(CSC)no2)c1. The number of rotatable bonds is 8. The number of aromatic nitrogens is 5. The molecule has 3 rings (SSSR count). The van der Waals surface area contributed by atoms with Gasteiger partial charge in [0.2, 0.25) is 5.89 Å². The van der Waals surface area contributed by atoms with E-state index in [2.05, 4.69) is 32.5 Å². The predicted octanol–water partition coefficient (Wildman–Crippen LogP) is 2.53. The van der Waals surface area contributed by atoms with Crippen molar-refractivity contribution in [1.29, 1.82) is 0 Å². The molecule has 0 aliphatic carbocycles. The van der Waals surface area contributed by atoms with E-state index >= 15 is 0 Å². The zero-order valence-corrected chi connectivity index (χ0v) is 15.5. The first-order chi connectivity index (χ1) is 12.7. The third kappa shape index (κ3) is 4.29. The average Bonchev–Trinajstić information content (AvgIpc) is 3.30. The van der Waals surface area contributed by atoms with Gasteiger partial charge in [-0.25, -0.2) is 9.67 Å². The van der Waals surface area contributed by atoms with Gasteiger partial charge in [0, 0.05) is 17.7 Å². The summed E-state index contributed by atoms with van der Waals surface area (Å²) in [5.74, 6) is 2.23. The summed E-state index contributed by atoms with van der Waals surface area (Å²) in [6, 6.07) is 7.31. The molecule has 1 aromatic carbocycles. The van der Waals surface area contributed by atoms with E-state index in [4.69, 9.17) is 4.52 Å². The zero-order chi connectivity index (χ0) is 18.4. The fraction of sp³-hybridized carbons (Fsp3) is 0.353.